The van der Waals surface area contributed by atoms with Crippen molar-refractivity contribution in [2.45, 2.75) is 69.2 Å². The van der Waals surface area contributed by atoms with Crippen LogP contribution in [0.15, 0.2) is 21.9 Å². The highest BCUT2D eigenvalue weighted by atomic mass is 16.8. The Labute approximate surface area is 139 Å². The van der Waals surface area contributed by atoms with E-state index in [1.807, 2.05) is 0 Å². The van der Waals surface area contributed by atoms with Crippen molar-refractivity contribution in [3.05, 3.63) is 33.1 Å². The number of aromatic nitrogens is 2. The largest absolute Gasteiger partial charge is 0.394 e. The first kappa shape index (κ1) is 17.3. The van der Waals surface area contributed by atoms with Crippen LogP contribution in [0, 0.1) is 0 Å². The summed E-state index contributed by atoms with van der Waals surface area (Å²) in [5, 5.41) is 19.6. The molecule has 0 aromatic carbocycles. The number of nitrogens with zero attached hydrogens (tertiary/aromatic N) is 1. The van der Waals surface area contributed by atoms with Gasteiger partial charge >= 0.3 is 5.69 Å². The molecule has 1 spiro atoms. The Bertz CT molecular complexity index is 707. The molecule has 2 heterocycles. The molecule has 0 bridgehead atoms. The Balaban J connectivity index is 2.00. The van der Waals surface area contributed by atoms with Gasteiger partial charge in [0.05, 0.1) is 12.6 Å². The number of H-pyrrole nitrogens is 1. The highest BCUT2D eigenvalue weighted by molar-refractivity contribution is 5.05. The van der Waals surface area contributed by atoms with Gasteiger partial charge in [-0.25, -0.2) is 4.79 Å². The van der Waals surface area contributed by atoms with E-state index >= 15 is 0 Å². The lowest BCUT2D eigenvalue weighted by atomic mass is 9.88. The van der Waals surface area contributed by atoms with Crippen molar-refractivity contribution in [1.29, 1.82) is 0 Å². The fourth-order valence-electron chi connectivity index (χ4n) is 3.85. The van der Waals surface area contributed by atoms with Gasteiger partial charge in [0.25, 0.3) is 5.56 Å². The lowest BCUT2D eigenvalue weighted by Gasteiger charge is -2.37. The molecule has 0 radical (unpaired) electrons. The maximum absolute atomic E-state index is 12.1. The maximum atomic E-state index is 12.1. The van der Waals surface area contributed by atoms with Crippen molar-refractivity contribution >= 4 is 0 Å². The van der Waals surface area contributed by atoms with Crippen LogP contribution in [-0.2, 0) is 9.47 Å². The van der Waals surface area contributed by atoms with E-state index in [-0.39, 0.29) is 0 Å². The molecule has 134 valence electrons. The molecule has 24 heavy (non-hydrogen) atoms. The first-order valence-electron chi connectivity index (χ1n) is 8.30. The SMILES string of the molecule is C[C@@H](n1ccc(=O)[nH]c1=O)[C@]1(C)OC2(CCCC2)O[C@@H]1[C@H](O)CO. The Hall–Kier alpha value is -1.48. The molecule has 0 amide bonds. The van der Waals surface area contributed by atoms with Gasteiger partial charge in [-0.3, -0.25) is 14.3 Å². The predicted molar refractivity (Wildman–Crippen MR) is 84.7 cm³/mol. The van der Waals surface area contributed by atoms with Crippen LogP contribution in [0.4, 0.5) is 0 Å². The summed E-state index contributed by atoms with van der Waals surface area (Å²) in [6.45, 7) is 3.08. The maximum Gasteiger partial charge on any atom is 0.328 e. The van der Waals surface area contributed by atoms with E-state index in [0.29, 0.717) is 12.8 Å². The van der Waals surface area contributed by atoms with Crippen LogP contribution in [0.1, 0.15) is 45.6 Å². The number of aliphatic hydroxyl groups excluding tert-OH is 2. The van der Waals surface area contributed by atoms with Gasteiger partial charge < -0.3 is 19.7 Å². The molecule has 8 nitrogen and oxygen atoms in total. The van der Waals surface area contributed by atoms with Gasteiger partial charge in [-0.2, -0.15) is 0 Å². The molecule has 0 unspecified atom stereocenters. The lowest BCUT2D eigenvalue weighted by molar-refractivity contribution is -0.190. The van der Waals surface area contributed by atoms with E-state index in [0.717, 1.165) is 12.8 Å². The summed E-state index contributed by atoms with van der Waals surface area (Å²) in [7, 11) is 0. The highest BCUT2D eigenvalue weighted by Crippen LogP contribution is 2.50. The summed E-state index contributed by atoms with van der Waals surface area (Å²) in [5.74, 6) is -0.782. The molecule has 8 heteroatoms. The van der Waals surface area contributed by atoms with Crippen molar-refractivity contribution in [2.75, 3.05) is 6.61 Å². The summed E-state index contributed by atoms with van der Waals surface area (Å²) >= 11 is 0. The second-order valence-corrected chi connectivity index (χ2v) is 6.89. The van der Waals surface area contributed by atoms with Crippen LogP contribution in [0.5, 0.6) is 0 Å². The van der Waals surface area contributed by atoms with Gasteiger partial charge in [-0.05, 0) is 26.7 Å². The van der Waals surface area contributed by atoms with E-state index in [4.69, 9.17) is 9.47 Å². The first-order chi connectivity index (χ1) is 11.3. The zero-order chi connectivity index (χ0) is 17.5. The minimum atomic E-state index is -1.13. The smallest absolute Gasteiger partial charge is 0.328 e. The third-order valence-electron chi connectivity index (χ3n) is 5.31. The van der Waals surface area contributed by atoms with Gasteiger partial charge in [0.1, 0.15) is 17.8 Å². The Morgan fingerprint density at radius 1 is 1.42 bits per heavy atom. The summed E-state index contributed by atoms with van der Waals surface area (Å²) in [6, 6.07) is 0.743. The number of nitrogens with one attached hydrogen (secondary N) is 1. The van der Waals surface area contributed by atoms with Crippen LogP contribution >= 0.6 is 0 Å². The second-order valence-electron chi connectivity index (χ2n) is 6.89. The summed E-state index contributed by atoms with van der Waals surface area (Å²) < 4.78 is 13.7. The average Bonchev–Trinajstić information content (AvgIpc) is 3.11. The molecule has 3 N–H and O–H groups in total. The number of aliphatic hydroxyl groups is 2. The summed E-state index contributed by atoms with van der Waals surface area (Å²) in [6.07, 6.45) is 2.85. The minimum Gasteiger partial charge on any atom is -0.394 e. The van der Waals surface area contributed by atoms with Crippen molar-refractivity contribution in [3.8, 4) is 0 Å². The lowest BCUT2D eigenvalue weighted by Crippen LogP contribution is -2.52. The topological polar surface area (TPSA) is 114 Å². The van der Waals surface area contributed by atoms with Gasteiger partial charge in [0, 0.05) is 25.1 Å². The molecule has 3 rings (SSSR count). The standard InChI is InChI=1S/C16H24N2O6/c1-10(18-8-5-12(21)17-14(18)22)15(2)13(11(20)9-19)23-16(24-15)6-3-4-7-16/h5,8,10-11,13,19-20H,3-4,6-7,9H2,1-2H3,(H,17,21,22)/t10-,11-,13-,15+/m1/s1. The van der Waals surface area contributed by atoms with Gasteiger partial charge in [-0.1, -0.05) is 0 Å². The van der Waals surface area contributed by atoms with Crippen LogP contribution in [0.2, 0.25) is 0 Å². The minimum absolute atomic E-state index is 0.465. The van der Waals surface area contributed by atoms with Gasteiger partial charge in [0.15, 0.2) is 5.79 Å². The molecule has 1 aliphatic carbocycles. The monoisotopic (exact) mass is 340 g/mol. The van der Waals surface area contributed by atoms with E-state index in [9.17, 15) is 19.8 Å². The van der Waals surface area contributed by atoms with Crippen molar-refractivity contribution in [3.63, 3.8) is 0 Å². The van der Waals surface area contributed by atoms with Crippen LogP contribution < -0.4 is 11.2 Å². The second kappa shape index (κ2) is 6.11. The Morgan fingerprint density at radius 2 is 2.08 bits per heavy atom. The summed E-state index contributed by atoms with van der Waals surface area (Å²) in [5.41, 5.74) is -2.06. The molecule has 1 aromatic rings. The first-order valence-corrected chi connectivity index (χ1v) is 8.30. The van der Waals surface area contributed by atoms with Gasteiger partial charge in [0.2, 0.25) is 0 Å². The molecule has 1 aliphatic heterocycles. The highest BCUT2D eigenvalue weighted by Gasteiger charge is 2.60. The molecular formula is C16H24N2O6. The third-order valence-corrected chi connectivity index (χ3v) is 5.31. The number of rotatable bonds is 4. The zero-order valence-corrected chi connectivity index (χ0v) is 13.9. The van der Waals surface area contributed by atoms with E-state index in [1.54, 1.807) is 13.8 Å². The zero-order valence-electron chi connectivity index (χ0n) is 13.9. The Kier molecular flexibility index (Phi) is 4.41. The number of ether oxygens (including phenoxy) is 2. The van der Waals surface area contributed by atoms with E-state index in [1.165, 1.54) is 16.8 Å². The number of hydrogen-bond acceptors (Lipinski definition) is 6. The van der Waals surface area contributed by atoms with Crippen molar-refractivity contribution in [2.24, 2.45) is 0 Å². The quantitative estimate of drug-likeness (QED) is 0.705. The Morgan fingerprint density at radius 3 is 2.67 bits per heavy atom. The van der Waals surface area contributed by atoms with Crippen LogP contribution in [-0.4, -0.2) is 50.0 Å². The predicted octanol–water partition coefficient (Wildman–Crippen LogP) is -0.105. The average molecular weight is 340 g/mol. The molecule has 1 aromatic heterocycles. The molecule has 1 saturated heterocycles. The molecule has 1 saturated carbocycles. The fraction of sp³-hybridized carbons (Fsp3) is 0.750. The third kappa shape index (κ3) is 2.73. The van der Waals surface area contributed by atoms with Crippen LogP contribution in [0.3, 0.4) is 0 Å². The normalized spacial score (nSPS) is 31.4. The van der Waals surface area contributed by atoms with Gasteiger partial charge in [-0.15, -0.1) is 0 Å². The molecular weight excluding hydrogens is 316 g/mol. The molecule has 4 atom stereocenters. The number of hydrogen-bond donors (Lipinski definition) is 3. The van der Waals surface area contributed by atoms with Crippen molar-refractivity contribution in [1.82, 2.24) is 9.55 Å². The molecule has 2 fully saturated rings. The van der Waals surface area contributed by atoms with Crippen LogP contribution in [0.25, 0.3) is 0 Å². The number of aromatic amines is 1. The van der Waals surface area contributed by atoms with E-state index < -0.39 is 47.5 Å². The molecule has 2 aliphatic rings. The van der Waals surface area contributed by atoms with E-state index in [2.05, 4.69) is 4.98 Å². The fourth-order valence-corrected chi connectivity index (χ4v) is 3.85. The summed E-state index contributed by atoms with van der Waals surface area (Å²) in [4.78, 5) is 25.7. The van der Waals surface area contributed by atoms with Crippen molar-refractivity contribution < 1.29 is 19.7 Å².